The van der Waals surface area contributed by atoms with Crippen LogP contribution in [-0.4, -0.2) is 22.8 Å². The van der Waals surface area contributed by atoms with E-state index >= 15 is 0 Å². The first-order chi connectivity index (χ1) is 7.88. The van der Waals surface area contributed by atoms with Gasteiger partial charge in [0.2, 0.25) is 0 Å². The molecule has 1 unspecified atom stereocenters. The Morgan fingerprint density at radius 1 is 1.25 bits per heavy atom. The summed E-state index contributed by atoms with van der Waals surface area (Å²) in [7, 11) is 1.96. The fraction of sp³-hybridized carbons (Fsp3) is 0.667. The molecule has 1 N–H and O–H groups in total. The minimum Gasteiger partial charge on any atom is -0.373 e. The number of thioether (sulfide) groups is 1. The second kappa shape index (κ2) is 4.24. The van der Waals surface area contributed by atoms with E-state index in [1.807, 2.05) is 18.8 Å². The van der Waals surface area contributed by atoms with E-state index in [0.717, 1.165) is 24.5 Å². The molecule has 1 aliphatic carbocycles. The van der Waals surface area contributed by atoms with E-state index in [2.05, 4.69) is 5.32 Å². The molecule has 1 saturated heterocycles. The predicted octanol–water partition coefficient (Wildman–Crippen LogP) is 2.58. The van der Waals surface area contributed by atoms with Gasteiger partial charge in [-0.25, -0.2) is 9.97 Å². The number of anilines is 1. The monoisotopic (exact) mass is 235 g/mol. The molecule has 0 amide bonds. The van der Waals surface area contributed by atoms with Gasteiger partial charge in [0, 0.05) is 18.3 Å². The van der Waals surface area contributed by atoms with Gasteiger partial charge >= 0.3 is 0 Å². The molecule has 2 heterocycles. The Kier molecular flexibility index (Phi) is 2.75. The van der Waals surface area contributed by atoms with Gasteiger partial charge in [0.05, 0.1) is 5.25 Å². The molecule has 1 atom stereocenters. The highest BCUT2D eigenvalue weighted by molar-refractivity contribution is 7.99. The zero-order valence-corrected chi connectivity index (χ0v) is 10.4. The number of hydrogen-bond donors (Lipinski definition) is 1. The van der Waals surface area contributed by atoms with E-state index in [1.165, 1.54) is 36.3 Å². The Labute approximate surface area is 100 Å². The summed E-state index contributed by atoms with van der Waals surface area (Å²) in [5.74, 6) is 3.40. The van der Waals surface area contributed by atoms with Crippen LogP contribution < -0.4 is 5.32 Å². The number of nitrogens with zero attached hydrogens (tertiary/aromatic N) is 2. The molecule has 4 heteroatoms. The lowest BCUT2D eigenvalue weighted by molar-refractivity contribution is 0.768. The molecule has 1 aromatic heterocycles. The van der Waals surface area contributed by atoms with Gasteiger partial charge in [-0.1, -0.05) is 0 Å². The van der Waals surface area contributed by atoms with Crippen molar-refractivity contribution < 1.29 is 0 Å². The van der Waals surface area contributed by atoms with Gasteiger partial charge in [-0.05, 0) is 37.9 Å². The topological polar surface area (TPSA) is 37.8 Å². The second-order valence-electron chi connectivity index (χ2n) is 4.46. The maximum absolute atomic E-state index is 4.77. The van der Waals surface area contributed by atoms with Crippen LogP contribution in [0.25, 0.3) is 0 Å². The lowest BCUT2D eigenvalue weighted by Crippen LogP contribution is -2.07. The average Bonchev–Trinajstić information content (AvgIpc) is 2.97. The first kappa shape index (κ1) is 10.4. The highest BCUT2D eigenvalue weighted by Gasteiger charge is 2.25. The zero-order chi connectivity index (χ0) is 11.0. The summed E-state index contributed by atoms with van der Waals surface area (Å²) in [5, 5.41) is 3.77. The van der Waals surface area contributed by atoms with Crippen molar-refractivity contribution >= 4 is 17.6 Å². The highest BCUT2D eigenvalue weighted by Crippen LogP contribution is 2.39. The number of nitrogens with one attached hydrogen (secondary N) is 1. The number of aromatic nitrogens is 2. The summed E-state index contributed by atoms with van der Waals surface area (Å²) in [5.41, 5.74) is 2.65. The van der Waals surface area contributed by atoms with Crippen LogP contribution in [0.2, 0.25) is 0 Å². The van der Waals surface area contributed by atoms with Crippen LogP contribution in [0.15, 0.2) is 0 Å². The third-order valence-corrected chi connectivity index (χ3v) is 4.78. The van der Waals surface area contributed by atoms with Crippen LogP contribution in [0.4, 0.5) is 5.82 Å². The minimum atomic E-state index is 0.540. The molecule has 0 aromatic carbocycles. The molecular weight excluding hydrogens is 218 g/mol. The van der Waals surface area contributed by atoms with Crippen molar-refractivity contribution in [2.45, 2.75) is 37.4 Å². The van der Waals surface area contributed by atoms with Crippen molar-refractivity contribution in [3.8, 4) is 0 Å². The molecule has 1 fully saturated rings. The van der Waals surface area contributed by atoms with Crippen LogP contribution in [0, 0.1) is 0 Å². The van der Waals surface area contributed by atoms with Crippen LogP contribution >= 0.6 is 11.8 Å². The number of fused-ring (bicyclic) bond motifs is 1. The number of hydrogen-bond acceptors (Lipinski definition) is 4. The first-order valence-corrected chi connectivity index (χ1v) is 7.12. The summed E-state index contributed by atoms with van der Waals surface area (Å²) in [6.07, 6.45) is 6.07. The molecule has 0 saturated carbocycles. The molecule has 3 rings (SSSR count). The Balaban J connectivity index is 2.00. The average molecular weight is 235 g/mol. The first-order valence-electron chi connectivity index (χ1n) is 6.07. The Bertz CT molecular complexity index is 399. The smallest absolute Gasteiger partial charge is 0.143 e. The number of rotatable bonds is 2. The third kappa shape index (κ3) is 1.69. The quantitative estimate of drug-likeness (QED) is 0.855. The summed E-state index contributed by atoms with van der Waals surface area (Å²) in [6.45, 7) is 0. The van der Waals surface area contributed by atoms with Crippen LogP contribution in [0.5, 0.6) is 0 Å². The third-order valence-electron chi connectivity index (χ3n) is 3.40. The summed E-state index contributed by atoms with van der Waals surface area (Å²) >= 11 is 2.01. The van der Waals surface area contributed by atoms with Gasteiger partial charge in [0.1, 0.15) is 11.6 Å². The molecule has 16 heavy (non-hydrogen) atoms. The molecule has 1 aliphatic heterocycles. The highest BCUT2D eigenvalue weighted by atomic mass is 32.2. The van der Waals surface area contributed by atoms with Crippen molar-refractivity contribution in [1.82, 2.24) is 9.97 Å². The maximum atomic E-state index is 4.77. The van der Waals surface area contributed by atoms with E-state index in [1.54, 1.807) is 0 Å². The van der Waals surface area contributed by atoms with Crippen molar-refractivity contribution in [3.63, 3.8) is 0 Å². The van der Waals surface area contributed by atoms with Crippen LogP contribution in [-0.2, 0) is 12.8 Å². The standard InChI is InChI=1S/C12H17N3S/c1-13-11-8-4-2-5-9(8)14-12(15-11)10-6-3-7-16-10/h10H,2-7H2,1H3,(H,13,14,15). The van der Waals surface area contributed by atoms with E-state index in [-0.39, 0.29) is 0 Å². The molecule has 0 bridgehead atoms. The van der Waals surface area contributed by atoms with E-state index in [4.69, 9.17) is 9.97 Å². The lowest BCUT2D eigenvalue weighted by atomic mass is 10.2. The second-order valence-corrected chi connectivity index (χ2v) is 5.77. The van der Waals surface area contributed by atoms with Gasteiger partial charge in [-0.15, -0.1) is 0 Å². The molecule has 1 aromatic rings. The number of aryl methyl sites for hydroxylation is 1. The summed E-state index contributed by atoms with van der Waals surface area (Å²) < 4.78 is 0. The van der Waals surface area contributed by atoms with Crippen molar-refractivity contribution in [2.24, 2.45) is 0 Å². The molecule has 0 radical (unpaired) electrons. The molecule has 86 valence electrons. The predicted molar refractivity (Wildman–Crippen MR) is 68.0 cm³/mol. The Hall–Kier alpha value is -0.770. The molecule has 0 spiro atoms. The fourth-order valence-corrected chi connectivity index (χ4v) is 3.79. The maximum Gasteiger partial charge on any atom is 0.143 e. The van der Waals surface area contributed by atoms with Crippen LogP contribution in [0.3, 0.4) is 0 Å². The lowest BCUT2D eigenvalue weighted by Gasteiger charge is -2.12. The van der Waals surface area contributed by atoms with Gasteiger partial charge in [-0.3, -0.25) is 0 Å². The van der Waals surface area contributed by atoms with E-state index in [9.17, 15) is 0 Å². The van der Waals surface area contributed by atoms with Crippen molar-refractivity contribution in [3.05, 3.63) is 17.1 Å². The van der Waals surface area contributed by atoms with Gasteiger partial charge in [0.15, 0.2) is 0 Å². The van der Waals surface area contributed by atoms with E-state index in [0.29, 0.717) is 5.25 Å². The van der Waals surface area contributed by atoms with Crippen molar-refractivity contribution in [1.29, 1.82) is 0 Å². The zero-order valence-electron chi connectivity index (χ0n) is 9.62. The van der Waals surface area contributed by atoms with E-state index < -0.39 is 0 Å². The van der Waals surface area contributed by atoms with Crippen molar-refractivity contribution in [2.75, 3.05) is 18.1 Å². The largest absolute Gasteiger partial charge is 0.373 e. The Morgan fingerprint density at radius 3 is 2.94 bits per heavy atom. The molecule has 2 aliphatic rings. The fourth-order valence-electron chi connectivity index (χ4n) is 2.58. The summed E-state index contributed by atoms with van der Waals surface area (Å²) in [4.78, 5) is 9.47. The van der Waals surface area contributed by atoms with Gasteiger partial charge < -0.3 is 5.32 Å². The minimum absolute atomic E-state index is 0.540. The normalized spacial score (nSPS) is 23.4. The Morgan fingerprint density at radius 2 is 2.19 bits per heavy atom. The van der Waals surface area contributed by atoms with Crippen LogP contribution in [0.1, 0.15) is 41.6 Å². The molecular formula is C12H17N3S. The van der Waals surface area contributed by atoms with Gasteiger partial charge in [0.25, 0.3) is 0 Å². The molecule has 3 nitrogen and oxygen atoms in total. The van der Waals surface area contributed by atoms with Gasteiger partial charge in [-0.2, -0.15) is 11.8 Å². The SMILES string of the molecule is CNc1nc(C2CCCS2)nc2c1CCC2. The summed E-state index contributed by atoms with van der Waals surface area (Å²) in [6, 6.07) is 0.